The zero-order chi connectivity index (χ0) is 13.4. The summed E-state index contributed by atoms with van der Waals surface area (Å²) in [5, 5.41) is 12.2. The number of aliphatic hydroxyl groups is 1. The minimum absolute atomic E-state index is 0.229. The van der Waals surface area contributed by atoms with Crippen molar-refractivity contribution in [2.75, 3.05) is 25.1 Å². The monoisotopic (exact) mass is 253 g/mol. The van der Waals surface area contributed by atoms with Crippen molar-refractivity contribution in [1.29, 1.82) is 0 Å². The minimum atomic E-state index is 0.229. The predicted molar refractivity (Wildman–Crippen MR) is 71.9 cm³/mol. The first-order valence-corrected chi connectivity index (χ1v) is 6.52. The molecular formula is C13H23N3O2. The molecule has 0 aromatic carbocycles. The van der Waals surface area contributed by atoms with Crippen LogP contribution in [0.2, 0.25) is 0 Å². The Hall–Kier alpha value is -1.36. The summed E-state index contributed by atoms with van der Waals surface area (Å²) >= 11 is 0. The highest BCUT2D eigenvalue weighted by molar-refractivity contribution is 5.38. The van der Waals surface area contributed by atoms with Crippen LogP contribution in [0.1, 0.15) is 32.5 Å². The molecule has 5 heteroatoms. The van der Waals surface area contributed by atoms with E-state index >= 15 is 0 Å². The van der Waals surface area contributed by atoms with E-state index in [0.717, 1.165) is 25.2 Å². The van der Waals surface area contributed by atoms with Gasteiger partial charge in [-0.15, -0.1) is 0 Å². The Morgan fingerprint density at radius 3 is 2.78 bits per heavy atom. The number of nitrogens with one attached hydrogen (secondary N) is 1. The minimum Gasteiger partial charge on any atom is -0.478 e. The maximum atomic E-state index is 8.95. The second-order valence-corrected chi connectivity index (χ2v) is 4.24. The third-order valence-electron chi connectivity index (χ3n) is 2.79. The van der Waals surface area contributed by atoms with Gasteiger partial charge in [-0.1, -0.05) is 13.3 Å². The van der Waals surface area contributed by atoms with Crippen LogP contribution in [0.4, 0.5) is 5.82 Å². The van der Waals surface area contributed by atoms with E-state index < -0.39 is 0 Å². The Labute approximate surface area is 109 Å². The molecule has 0 spiro atoms. The predicted octanol–water partition coefficient (Wildman–Crippen LogP) is 2.00. The van der Waals surface area contributed by atoms with E-state index in [2.05, 4.69) is 22.2 Å². The largest absolute Gasteiger partial charge is 0.478 e. The van der Waals surface area contributed by atoms with Crippen LogP contribution in [0.25, 0.3) is 0 Å². The van der Waals surface area contributed by atoms with Gasteiger partial charge in [-0.2, -0.15) is 4.98 Å². The lowest BCUT2D eigenvalue weighted by atomic mass is 10.0. The summed E-state index contributed by atoms with van der Waals surface area (Å²) in [5.74, 6) is 2.53. The van der Waals surface area contributed by atoms with E-state index in [0.29, 0.717) is 24.2 Å². The number of nitrogens with zero attached hydrogens (tertiary/aromatic N) is 2. The van der Waals surface area contributed by atoms with E-state index in [4.69, 9.17) is 9.84 Å². The molecule has 5 nitrogen and oxygen atoms in total. The van der Waals surface area contributed by atoms with Gasteiger partial charge in [0, 0.05) is 19.2 Å². The maximum Gasteiger partial charge on any atom is 0.218 e. The zero-order valence-corrected chi connectivity index (χ0v) is 11.4. The second kappa shape index (κ2) is 7.87. The fourth-order valence-electron chi connectivity index (χ4n) is 1.73. The van der Waals surface area contributed by atoms with Crippen molar-refractivity contribution in [3.63, 3.8) is 0 Å². The standard InChI is InChI=1S/C13H23N3O2/c1-4-11(6-7-17)9-14-12-8-13(18-5-2)16-10(3)15-12/h8,11,17H,4-7,9H2,1-3H3,(H,14,15,16). The normalized spacial score (nSPS) is 12.2. The van der Waals surface area contributed by atoms with Gasteiger partial charge in [0.2, 0.25) is 5.88 Å². The molecule has 1 aromatic rings. The van der Waals surface area contributed by atoms with Crippen LogP contribution in [0.5, 0.6) is 5.88 Å². The molecule has 0 saturated heterocycles. The Morgan fingerprint density at radius 2 is 2.17 bits per heavy atom. The SMILES string of the molecule is CCOc1cc(NCC(CC)CCO)nc(C)n1. The molecule has 1 heterocycles. The van der Waals surface area contributed by atoms with Gasteiger partial charge < -0.3 is 15.2 Å². The van der Waals surface area contributed by atoms with Gasteiger partial charge in [0.1, 0.15) is 11.6 Å². The fraction of sp³-hybridized carbons (Fsp3) is 0.692. The van der Waals surface area contributed by atoms with Gasteiger partial charge in [-0.05, 0) is 26.2 Å². The van der Waals surface area contributed by atoms with Crippen molar-refractivity contribution in [1.82, 2.24) is 9.97 Å². The quantitative estimate of drug-likeness (QED) is 0.741. The number of aryl methyl sites for hydroxylation is 1. The topological polar surface area (TPSA) is 67.3 Å². The number of hydrogen-bond acceptors (Lipinski definition) is 5. The molecule has 0 fully saturated rings. The third-order valence-corrected chi connectivity index (χ3v) is 2.79. The van der Waals surface area contributed by atoms with Crippen molar-refractivity contribution >= 4 is 5.82 Å². The number of rotatable bonds is 8. The van der Waals surface area contributed by atoms with Gasteiger partial charge in [0.25, 0.3) is 0 Å². The lowest BCUT2D eigenvalue weighted by molar-refractivity contribution is 0.258. The molecular weight excluding hydrogens is 230 g/mol. The van der Waals surface area contributed by atoms with Gasteiger partial charge in [0.05, 0.1) is 6.61 Å². The summed E-state index contributed by atoms with van der Waals surface area (Å²) in [4.78, 5) is 8.51. The Kier molecular flexibility index (Phi) is 6.43. The first-order valence-electron chi connectivity index (χ1n) is 6.52. The highest BCUT2D eigenvalue weighted by atomic mass is 16.5. The van der Waals surface area contributed by atoms with Crippen LogP contribution in [0.15, 0.2) is 6.07 Å². The van der Waals surface area contributed by atoms with E-state index in [9.17, 15) is 0 Å². The third kappa shape index (κ3) is 4.87. The van der Waals surface area contributed by atoms with E-state index in [1.807, 2.05) is 19.9 Å². The average molecular weight is 253 g/mol. The van der Waals surface area contributed by atoms with Gasteiger partial charge >= 0.3 is 0 Å². The zero-order valence-electron chi connectivity index (χ0n) is 11.4. The smallest absolute Gasteiger partial charge is 0.218 e. The molecule has 18 heavy (non-hydrogen) atoms. The van der Waals surface area contributed by atoms with Crippen LogP contribution in [-0.4, -0.2) is 34.8 Å². The molecule has 1 atom stereocenters. The lowest BCUT2D eigenvalue weighted by Gasteiger charge is -2.15. The van der Waals surface area contributed by atoms with E-state index in [-0.39, 0.29) is 6.61 Å². The van der Waals surface area contributed by atoms with Crippen LogP contribution >= 0.6 is 0 Å². The highest BCUT2D eigenvalue weighted by Crippen LogP contribution is 2.15. The Balaban J connectivity index is 2.60. The van der Waals surface area contributed by atoms with Gasteiger partial charge in [-0.25, -0.2) is 4.98 Å². The van der Waals surface area contributed by atoms with E-state index in [1.54, 1.807) is 0 Å². The molecule has 0 radical (unpaired) electrons. The highest BCUT2D eigenvalue weighted by Gasteiger charge is 2.07. The summed E-state index contributed by atoms with van der Waals surface area (Å²) in [7, 11) is 0. The molecule has 2 N–H and O–H groups in total. The van der Waals surface area contributed by atoms with Gasteiger partial charge in [0.15, 0.2) is 0 Å². The summed E-state index contributed by atoms with van der Waals surface area (Å²) in [6.07, 6.45) is 1.85. The molecule has 1 rings (SSSR count). The molecule has 0 saturated carbocycles. The molecule has 0 aliphatic carbocycles. The maximum absolute atomic E-state index is 8.95. The Bertz CT molecular complexity index is 358. The van der Waals surface area contributed by atoms with Crippen LogP contribution in [0, 0.1) is 12.8 Å². The van der Waals surface area contributed by atoms with Crippen molar-refractivity contribution < 1.29 is 9.84 Å². The number of ether oxygens (including phenoxy) is 1. The van der Waals surface area contributed by atoms with Crippen molar-refractivity contribution in [3.05, 3.63) is 11.9 Å². The van der Waals surface area contributed by atoms with Crippen LogP contribution in [0.3, 0.4) is 0 Å². The first kappa shape index (κ1) is 14.7. The summed E-state index contributed by atoms with van der Waals surface area (Å²) in [6, 6.07) is 1.81. The van der Waals surface area contributed by atoms with Crippen molar-refractivity contribution in [2.45, 2.75) is 33.6 Å². The number of hydrogen-bond donors (Lipinski definition) is 2. The molecule has 1 unspecified atom stereocenters. The molecule has 0 aliphatic heterocycles. The first-order chi connectivity index (χ1) is 8.69. The van der Waals surface area contributed by atoms with Crippen LogP contribution in [-0.2, 0) is 0 Å². The number of anilines is 1. The average Bonchev–Trinajstić information content (AvgIpc) is 2.34. The molecule has 0 amide bonds. The molecule has 0 aliphatic rings. The van der Waals surface area contributed by atoms with Gasteiger partial charge in [-0.3, -0.25) is 0 Å². The Morgan fingerprint density at radius 1 is 1.39 bits per heavy atom. The van der Waals surface area contributed by atoms with Crippen LogP contribution < -0.4 is 10.1 Å². The summed E-state index contributed by atoms with van der Waals surface area (Å²) < 4.78 is 5.38. The van der Waals surface area contributed by atoms with Crippen molar-refractivity contribution in [2.24, 2.45) is 5.92 Å². The summed E-state index contributed by atoms with van der Waals surface area (Å²) in [5.41, 5.74) is 0. The fourth-order valence-corrected chi connectivity index (χ4v) is 1.73. The molecule has 0 bridgehead atoms. The lowest BCUT2D eigenvalue weighted by Crippen LogP contribution is -2.16. The summed E-state index contributed by atoms with van der Waals surface area (Å²) in [6.45, 7) is 7.53. The van der Waals surface area contributed by atoms with E-state index in [1.165, 1.54) is 0 Å². The molecule has 102 valence electrons. The molecule has 1 aromatic heterocycles. The second-order valence-electron chi connectivity index (χ2n) is 4.24. The number of aromatic nitrogens is 2. The number of aliphatic hydroxyl groups excluding tert-OH is 1. The van der Waals surface area contributed by atoms with Crippen molar-refractivity contribution in [3.8, 4) is 5.88 Å².